The molecule has 1 aliphatic heterocycles. The first kappa shape index (κ1) is 12.3. The van der Waals surface area contributed by atoms with Gasteiger partial charge in [0.1, 0.15) is 0 Å². The van der Waals surface area contributed by atoms with E-state index >= 15 is 0 Å². The number of hydrogen-bond donors (Lipinski definition) is 1. The van der Waals surface area contributed by atoms with Gasteiger partial charge in [0, 0.05) is 11.8 Å². The van der Waals surface area contributed by atoms with Gasteiger partial charge in [-0.05, 0) is 18.8 Å². The fourth-order valence-electron chi connectivity index (χ4n) is 2.67. The van der Waals surface area contributed by atoms with Gasteiger partial charge in [-0.3, -0.25) is 4.99 Å². The molecular formula is C13H24N2S. The first-order valence-corrected chi connectivity index (χ1v) is 7.71. The van der Waals surface area contributed by atoms with Crippen LogP contribution in [0.3, 0.4) is 0 Å². The summed E-state index contributed by atoms with van der Waals surface area (Å²) in [5, 5.41) is 5.46. The molecule has 0 spiro atoms. The summed E-state index contributed by atoms with van der Waals surface area (Å²) in [7, 11) is 0. The molecule has 0 aromatic heterocycles. The zero-order valence-electron chi connectivity index (χ0n) is 10.4. The predicted octanol–water partition coefficient (Wildman–Crippen LogP) is 3.43. The maximum Gasteiger partial charge on any atom is 0.156 e. The average molecular weight is 240 g/mol. The Kier molecular flexibility index (Phi) is 5.01. The van der Waals surface area contributed by atoms with Crippen molar-refractivity contribution < 1.29 is 0 Å². The molecule has 16 heavy (non-hydrogen) atoms. The van der Waals surface area contributed by atoms with E-state index < -0.39 is 0 Å². The Hall–Kier alpha value is -0.180. The highest BCUT2D eigenvalue weighted by Gasteiger charge is 2.19. The van der Waals surface area contributed by atoms with Gasteiger partial charge in [0.05, 0.1) is 6.54 Å². The standard InChI is InChI=1S/C13H24N2S/c1-2-5-12-10-15-13(16-12)14-9-8-11-6-3-4-7-11/h11-12H,2-10H2,1H3,(H,14,15). The number of amidine groups is 1. The quantitative estimate of drug-likeness (QED) is 0.796. The minimum atomic E-state index is 0.749. The molecule has 1 unspecified atom stereocenters. The highest BCUT2D eigenvalue weighted by Crippen LogP contribution is 2.27. The minimum Gasteiger partial charge on any atom is -0.365 e. The maximum atomic E-state index is 4.57. The predicted molar refractivity (Wildman–Crippen MR) is 73.2 cm³/mol. The van der Waals surface area contributed by atoms with Crippen molar-refractivity contribution in [3.8, 4) is 0 Å². The largest absolute Gasteiger partial charge is 0.365 e. The fraction of sp³-hybridized carbons (Fsp3) is 0.923. The van der Waals surface area contributed by atoms with E-state index in [4.69, 9.17) is 0 Å². The second-order valence-electron chi connectivity index (χ2n) is 5.04. The van der Waals surface area contributed by atoms with Gasteiger partial charge in [0.2, 0.25) is 0 Å². The molecule has 0 aromatic carbocycles. The van der Waals surface area contributed by atoms with Crippen molar-refractivity contribution >= 4 is 16.9 Å². The molecule has 0 bridgehead atoms. The molecule has 1 fully saturated rings. The highest BCUT2D eigenvalue weighted by atomic mass is 32.2. The molecule has 1 saturated carbocycles. The summed E-state index contributed by atoms with van der Waals surface area (Å²) in [6.07, 6.45) is 9.76. The third-order valence-electron chi connectivity index (χ3n) is 3.63. The van der Waals surface area contributed by atoms with Crippen molar-refractivity contribution in [3.05, 3.63) is 0 Å². The Bertz CT molecular complexity index is 234. The Morgan fingerprint density at radius 3 is 2.88 bits per heavy atom. The van der Waals surface area contributed by atoms with Gasteiger partial charge >= 0.3 is 0 Å². The van der Waals surface area contributed by atoms with Crippen LogP contribution in [0.1, 0.15) is 51.9 Å². The number of rotatable bonds is 5. The summed E-state index contributed by atoms with van der Waals surface area (Å²) in [5.41, 5.74) is 0. The van der Waals surface area contributed by atoms with Gasteiger partial charge in [-0.15, -0.1) is 0 Å². The molecule has 1 N–H and O–H groups in total. The normalized spacial score (nSPS) is 26.1. The van der Waals surface area contributed by atoms with Crippen LogP contribution >= 0.6 is 11.8 Å². The molecule has 3 heteroatoms. The van der Waals surface area contributed by atoms with Crippen LogP contribution in [0.25, 0.3) is 0 Å². The molecule has 92 valence electrons. The summed E-state index contributed by atoms with van der Waals surface area (Å²) in [6.45, 7) is 4.42. The smallest absolute Gasteiger partial charge is 0.156 e. The third kappa shape index (κ3) is 3.69. The van der Waals surface area contributed by atoms with Gasteiger partial charge < -0.3 is 5.32 Å². The Labute approximate surface area is 104 Å². The van der Waals surface area contributed by atoms with Crippen molar-refractivity contribution in [2.45, 2.75) is 57.1 Å². The van der Waals surface area contributed by atoms with E-state index in [2.05, 4.69) is 17.2 Å². The van der Waals surface area contributed by atoms with Crippen molar-refractivity contribution in [2.24, 2.45) is 10.9 Å². The number of nitrogens with one attached hydrogen (secondary N) is 1. The molecule has 0 amide bonds. The van der Waals surface area contributed by atoms with Crippen LogP contribution in [0.2, 0.25) is 0 Å². The van der Waals surface area contributed by atoms with Crippen LogP contribution in [0.5, 0.6) is 0 Å². The number of hydrogen-bond acceptors (Lipinski definition) is 3. The molecule has 0 radical (unpaired) electrons. The Balaban J connectivity index is 1.56. The molecule has 1 heterocycles. The van der Waals surface area contributed by atoms with Crippen LogP contribution in [0.4, 0.5) is 0 Å². The summed E-state index contributed by atoms with van der Waals surface area (Å²) >= 11 is 1.96. The monoisotopic (exact) mass is 240 g/mol. The summed E-state index contributed by atoms with van der Waals surface area (Å²) in [6, 6.07) is 0. The molecule has 1 atom stereocenters. The Morgan fingerprint density at radius 1 is 1.31 bits per heavy atom. The lowest BCUT2D eigenvalue weighted by atomic mass is 10.0. The zero-order valence-corrected chi connectivity index (χ0v) is 11.2. The average Bonchev–Trinajstić information content (AvgIpc) is 2.90. The second kappa shape index (κ2) is 6.53. The first-order valence-electron chi connectivity index (χ1n) is 6.83. The highest BCUT2D eigenvalue weighted by molar-refractivity contribution is 8.14. The van der Waals surface area contributed by atoms with Gasteiger partial charge in [0.25, 0.3) is 0 Å². The van der Waals surface area contributed by atoms with Crippen LogP contribution in [-0.4, -0.2) is 23.5 Å². The number of thioether (sulfide) groups is 1. The van der Waals surface area contributed by atoms with Gasteiger partial charge in [-0.2, -0.15) is 0 Å². The molecule has 0 saturated heterocycles. The zero-order chi connectivity index (χ0) is 11.2. The molecule has 2 nitrogen and oxygen atoms in total. The van der Waals surface area contributed by atoms with Crippen LogP contribution in [0.15, 0.2) is 4.99 Å². The van der Waals surface area contributed by atoms with Crippen LogP contribution in [-0.2, 0) is 0 Å². The summed E-state index contributed by atoms with van der Waals surface area (Å²) < 4.78 is 0. The minimum absolute atomic E-state index is 0.749. The third-order valence-corrected chi connectivity index (χ3v) is 4.85. The molecule has 1 aliphatic carbocycles. The van der Waals surface area contributed by atoms with E-state index in [1.54, 1.807) is 0 Å². The van der Waals surface area contributed by atoms with E-state index in [0.29, 0.717) is 0 Å². The molecular weight excluding hydrogens is 216 g/mol. The topological polar surface area (TPSA) is 24.4 Å². The summed E-state index contributed by atoms with van der Waals surface area (Å²) in [5.74, 6) is 0.992. The lowest BCUT2D eigenvalue weighted by Gasteiger charge is -2.11. The van der Waals surface area contributed by atoms with E-state index in [1.807, 2.05) is 11.8 Å². The maximum absolute atomic E-state index is 4.57. The fourth-order valence-corrected chi connectivity index (χ4v) is 3.82. The van der Waals surface area contributed by atoms with Gasteiger partial charge in [-0.25, -0.2) is 0 Å². The van der Waals surface area contributed by atoms with Crippen molar-refractivity contribution in [1.82, 2.24) is 5.32 Å². The van der Waals surface area contributed by atoms with E-state index in [9.17, 15) is 0 Å². The molecule has 2 rings (SSSR count). The SMILES string of the molecule is CCCC1CN=C(NCCC2CCCC2)S1. The number of aliphatic imine (C=N–C) groups is 1. The van der Waals surface area contributed by atoms with E-state index in [-0.39, 0.29) is 0 Å². The van der Waals surface area contributed by atoms with Crippen LogP contribution in [0, 0.1) is 5.92 Å². The molecule has 0 aromatic rings. The van der Waals surface area contributed by atoms with E-state index in [1.165, 1.54) is 50.1 Å². The first-order chi connectivity index (χ1) is 7.88. The number of nitrogens with zero attached hydrogens (tertiary/aromatic N) is 1. The van der Waals surface area contributed by atoms with Gasteiger partial charge in [-0.1, -0.05) is 50.8 Å². The van der Waals surface area contributed by atoms with Crippen molar-refractivity contribution in [2.75, 3.05) is 13.1 Å². The van der Waals surface area contributed by atoms with Crippen LogP contribution < -0.4 is 5.32 Å². The lowest BCUT2D eigenvalue weighted by molar-refractivity contribution is 0.501. The second-order valence-corrected chi connectivity index (χ2v) is 6.33. The summed E-state index contributed by atoms with van der Waals surface area (Å²) in [4.78, 5) is 4.57. The Morgan fingerprint density at radius 2 is 2.12 bits per heavy atom. The molecule has 2 aliphatic rings. The lowest BCUT2D eigenvalue weighted by Crippen LogP contribution is -2.22. The van der Waals surface area contributed by atoms with E-state index in [0.717, 1.165) is 24.3 Å². The van der Waals surface area contributed by atoms with Gasteiger partial charge in [0.15, 0.2) is 5.17 Å². The van der Waals surface area contributed by atoms with Crippen molar-refractivity contribution in [1.29, 1.82) is 0 Å². The van der Waals surface area contributed by atoms with Crippen molar-refractivity contribution in [3.63, 3.8) is 0 Å².